The first-order chi connectivity index (χ1) is 7.33. The lowest BCUT2D eigenvalue weighted by molar-refractivity contribution is 0.587. The van der Waals surface area contributed by atoms with Gasteiger partial charge in [0.1, 0.15) is 15.7 Å². The van der Waals surface area contributed by atoms with Crippen molar-refractivity contribution in [2.75, 3.05) is 12.0 Å². The third kappa shape index (κ3) is 3.61. The van der Waals surface area contributed by atoms with Gasteiger partial charge in [-0.25, -0.2) is 13.4 Å². The van der Waals surface area contributed by atoms with Gasteiger partial charge in [-0.2, -0.15) is 0 Å². The van der Waals surface area contributed by atoms with Crippen LogP contribution in [-0.4, -0.2) is 30.4 Å². The summed E-state index contributed by atoms with van der Waals surface area (Å²) in [6, 6.07) is -0.339. The molecule has 0 radical (unpaired) electrons. The molecule has 16 heavy (non-hydrogen) atoms. The lowest BCUT2D eigenvalue weighted by Crippen LogP contribution is -2.17. The van der Waals surface area contributed by atoms with Gasteiger partial charge >= 0.3 is 0 Å². The number of nitrogens with zero attached hydrogens (tertiary/aromatic N) is 1. The molecule has 1 aromatic heterocycles. The molecule has 0 aliphatic heterocycles. The first-order valence-corrected chi connectivity index (χ1v) is 7.38. The van der Waals surface area contributed by atoms with Crippen molar-refractivity contribution in [3.63, 3.8) is 0 Å². The Morgan fingerprint density at radius 3 is 2.56 bits per heavy atom. The van der Waals surface area contributed by atoms with E-state index in [4.69, 9.17) is 5.73 Å². The second kappa shape index (κ2) is 4.97. The predicted octanol–water partition coefficient (Wildman–Crippen LogP) is 0.715. The summed E-state index contributed by atoms with van der Waals surface area (Å²) >= 11 is 0. The maximum absolute atomic E-state index is 11.0. The zero-order chi connectivity index (χ0) is 12.3. The van der Waals surface area contributed by atoms with Crippen molar-refractivity contribution in [3.05, 3.63) is 17.2 Å². The van der Waals surface area contributed by atoms with Crippen molar-refractivity contribution >= 4 is 9.84 Å². The number of nitrogens with one attached hydrogen (secondary N) is 1. The Morgan fingerprint density at radius 1 is 1.50 bits per heavy atom. The minimum atomic E-state index is -2.96. The smallest absolute Gasteiger partial charge is 0.147 e. The standard InChI is InChI=1S/C10H19N3O2S/c1-4-9-7(2)12-10(13-9)8(11)5-6-16(3,14)15/h8H,4-6,11H2,1-3H3,(H,12,13). The van der Waals surface area contributed by atoms with Crippen LogP contribution < -0.4 is 5.73 Å². The number of hydrogen-bond acceptors (Lipinski definition) is 4. The summed E-state index contributed by atoms with van der Waals surface area (Å²) < 4.78 is 22.0. The van der Waals surface area contributed by atoms with E-state index in [1.165, 1.54) is 6.26 Å². The minimum absolute atomic E-state index is 0.0926. The molecule has 0 amide bonds. The Kier molecular flexibility index (Phi) is 4.09. The lowest BCUT2D eigenvalue weighted by atomic mass is 10.2. The molecule has 1 unspecified atom stereocenters. The Labute approximate surface area is 96.4 Å². The van der Waals surface area contributed by atoms with Crippen LogP contribution in [0.15, 0.2) is 0 Å². The van der Waals surface area contributed by atoms with Crippen LogP contribution in [0.3, 0.4) is 0 Å². The molecule has 0 bridgehead atoms. The number of aromatic amines is 1. The van der Waals surface area contributed by atoms with E-state index >= 15 is 0 Å². The van der Waals surface area contributed by atoms with E-state index in [1.807, 2.05) is 13.8 Å². The Hall–Kier alpha value is -0.880. The number of H-pyrrole nitrogens is 1. The molecule has 0 fully saturated rings. The van der Waals surface area contributed by atoms with Gasteiger partial charge in [-0.15, -0.1) is 0 Å². The molecule has 0 saturated carbocycles. The highest BCUT2D eigenvalue weighted by Gasteiger charge is 2.14. The molecule has 92 valence electrons. The molecular formula is C10H19N3O2S. The van der Waals surface area contributed by atoms with E-state index in [9.17, 15) is 8.42 Å². The molecule has 5 nitrogen and oxygen atoms in total. The molecule has 0 aromatic carbocycles. The highest BCUT2D eigenvalue weighted by atomic mass is 32.2. The van der Waals surface area contributed by atoms with E-state index < -0.39 is 9.84 Å². The van der Waals surface area contributed by atoms with Crippen LogP contribution in [0, 0.1) is 6.92 Å². The highest BCUT2D eigenvalue weighted by Crippen LogP contribution is 2.14. The van der Waals surface area contributed by atoms with Gasteiger partial charge in [-0.1, -0.05) is 6.92 Å². The SMILES string of the molecule is CCc1nc(C(N)CCS(C)(=O)=O)[nH]c1C. The van der Waals surface area contributed by atoms with Gasteiger partial charge in [0.25, 0.3) is 0 Å². The molecule has 0 aliphatic carbocycles. The van der Waals surface area contributed by atoms with E-state index in [0.717, 1.165) is 17.8 Å². The van der Waals surface area contributed by atoms with Crippen molar-refractivity contribution in [3.8, 4) is 0 Å². The third-order valence-electron chi connectivity index (χ3n) is 2.49. The van der Waals surface area contributed by atoms with Gasteiger partial charge in [-0.3, -0.25) is 0 Å². The average molecular weight is 245 g/mol. The van der Waals surface area contributed by atoms with Crippen molar-refractivity contribution in [2.24, 2.45) is 5.73 Å². The zero-order valence-corrected chi connectivity index (χ0v) is 10.8. The molecule has 0 spiro atoms. The van der Waals surface area contributed by atoms with Gasteiger partial charge in [0.2, 0.25) is 0 Å². The van der Waals surface area contributed by atoms with Gasteiger partial charge in [0.05, 0.1) is 17.5 Å². The van der Waals surface area contributed by atoms with E-state index in [0.29, 0.717) is 12.2 Å². The number of sulfone groups is 1. The second-order valence-corrected chi connectivity index (χ2v) is 6.33. The topological polar surface area (TPSA) is 88.8 Å². The van der Waals surface area contributed by atoms with E-state index in [2.05, 4.69) is 9.97 Å². The largest absolute Gasteiger partial charge is 0.345 e. The monoisotopic (exact) mass is 245 g/mol. The molecular weight excluding hydrogens is 226 g/mol. The predicted molar refractivity (Wildman–Crippen MR) is 64.0 cm³/mol. The summed E-state index contributed by atoms with van der Waals surface area (Å²) in [5.74, 6) is 0.771. The first kappa shape index (κ1) is 13.2. The summed E-state index contributed by atoms with van der Waals surface area (Å²) in [5, 5.41) is 0. The molecule has 1 rings (SSSR count). The van der Waals surface area contributed by atoms with Crippen molar-refractivity contribution < 1.29 is 8.42 Å². The second-order valence-electron chi connectivity index (χ2n) is 4.07. The maximum atomic E-state index is 11.0. The first-order valence-electron chi connectivity index (χ1n) is 5.32. The van der Waals surface area contributed by atoms with Gasteiger partial charge in [0.15, 0.2) is 0 Å². The zero-order valence-electron chi connectivity index (χ0n) is 9.95. The Balaban J connectivity index is 2.69. The summed E-state index contributed by atoms with van der Waals surface area (Å²) in [6.45, 7) is 3.97. The summed E-state index contributed by atoms with van der Waals surface area (Å²) in [7, 11) is -2.96. The summed E-state index contributed by atoms with van der Waals surface area (Å²) in [6.07, 6.45) is 2.46. The molecule has 1 atom stereocenters. The van der Waals surface area contributed by atoms with Crippen LogP contribution in [0.2, 0.25) is 0 Å². The third-order valence-corrected chi connectivity index (χ3v) is 3.47. The summed E-state index contributed by atoms with van der Waals surface area (Å²) in [5.41, 5.74) is 7.88. The normalized spacial score (nSPS) is 14.0. The van der Waals surface area contributed by atoms with Gasteiger partial charge in [-0.05, 0) is 19.8 Å². The van der Waals surface area contributed by atoms with Crippen LogP contribution in [-0.2, 0) is 16.3 Å². The van der Waals surface area contributed by atoms with Crippen molar-refractivity contribution in [1.82, 2.24) is 9.97 Å². The number of rotatable bonds is 5. The molecule has 3 N–H and O–H groups in total. The number of aromatic nitrogens is 2. The fourth-order valence-corrected chi connectivity index (χ4v) is 2.20. The number of nitrogens with two attached hydrogens (primary N) is 1. The van der Waals surface area contributed by atoms with Crippen LogP contribution in [0.5, 0.6) is 0 Å². The average Bonchev–Trinajstić information content (AvgIpc) is 2.55. The number of hydrogen-bond donors (Lipinski definition) is 2. The number of imidazole rings is 1. The fourth-order valence-electron chi connectivity index (χ4n) is 1.52. The van der Waals surface area contributed by atoms with Crippen LogP contribution in [0.25, 0.3) is 0 Å². The van der Waals surface area contributed by atoms with Gasteiger partial charge in [0, 0.05) is 11.9 Å². The lowest BCUT2D eigenvalue weighted by Gasteiger charge is -2.07. The Bertz CT molecular complexity index is 451. The fraction of sp³-hybridized carbons (Fsp3) is 0.700. The van der Waals surface area contributed by atoms with Crippen molar-refractivity contribution in [2.45, 2.75) is 32.7 Å². The number of aryl methyl sites for hydroxylation is 2. The van der Waals surface area contributed by atoms with E-state index in [1.54, 1.807) is 0 Å². The maximum Gasteiger partial charge on any atom is 0.147 e. The Morgan fingerprint density at radius 2 is 2.12 bits per heavy atom. The van der Waals surface area contributed by atoms with Crippen molar-refractivity contribution in [1.29, 1.82) is 0 Å². The molecule has 6 heteroatoms. The summed E-state index contributed by atoms with van der Waals surface area (Å²) in [4.78, 5) is 7.45. The molecule has 0 saturated heterocycles. The van der Waals surface area contributed by atoms with Crippen LogP contribution >= 0.6 is 0 Å². The van der Waals surface area contributed by atoms with Crippen LogP contribution in [0.1, 0.15) is 36.6 Å². The van der Waals surface area contributed by atoms with Gasteiger partial charge < -0.3 is 10.7 Å². The molecule has 1 aromatic rings. The minimum Gasteiger partial charge on any atom is -0.345 e. The van der Waals surface area contributed by atoms with Crippen LogP contribution in [0.4, 0.5) is 0 Å². The highest BCUT2D eigenvalue weighted by molar-refractivity contribution is 7.90. The molecule has 1 heterocycles. The quantitative estimate of drug-likeness (QED) is 0.799. The van der Waals surface area contributed by atoms with E-state index in [-0.39, 0.29) is 11.8 Å². The molecule has 0 aliphatic rings.